The second-order valence-corrected chi connectivity index (χ2v) is 8.10. The van der Waals surface area contributed by atoms with Gasteiger partial charge >= 0.3 is 6.09 Å². The Bertz CT molecular complexity index is 818. The summed E-state index contributed by atoms with van der Waals surface area (Å²) in [5, 5.41) is 0. The largest absolute Gasteiger partial charge is 0.485 e. The van der Waals surface area contributed by atoms with Gasteiger partial charge in [-0.1, -0.05) is 30.3 Å². The van der Waals surface area contributed by atoms with Gasteiger partial charge in [-0.15, -0.1) is 0 Å². The van der Waals surface area contributed by atoms with E-state index in [-0.39, 0.29) is 18.9 Å². The number of amides is 1. The van der Waals surface area contributed by atoms with Crippen molar-refractivity contribution in [2.75, 3.05) is 0 Å². The summed E-state index contributed by atoms with van der Waals surface area (Å²) >= 11 is 3.38. The highest BCUT2D eigenvalue weighted by Gasteiger charge is 2.31. The molecular formula is C20H21BrFNO3. The fourth-order valence-electron chi connectivity index (χ4n) is 2.77. The maximum Gasteiger partial charge on any atom is 0.410 e. The first-order valence-corrected chi connectivity index (χ1v) is 9.18. The molecule has 138 valence electrons. The molecule has 1 aliphatic heterocycles. The summed E-state index contributed by atoms with van der Waals surface area (Å²) in [7, 11) is 0. The lowest BCUT2D eigenvalue weighted by Crippen LogP contribution is -2.33. The normalized spacial score (nSPS) is 13.5. The van der Waals surface area contributed by atoms with Gasteiger partial charge in [-0.25, -0.2) is 9.18 Å². The minimum absolute atomic E-state index is 0.165. The molecule has 0 N–H and O–H groups in total. The Labute approximate surface area is 161 Å². The molecule has 2 aromatic rings. The number of halogens is 2. The zero-order valence-electron chi connectivity index (χ0n) is 15.0. The van der Waals surface area contributed by atoms with E-state index in [4.69, 9.17) is 9.47 Å². The van der Waals surface area contributed by atoms with Crippen LogP contribution in [0.5, 0.6) is 5.75 Å². The zero-order valence-corrected chi connectivity index (χ0v) is 16.6. The number of hydrogen-bond acceptors (Lipinski definition) is 3. The average molecular weight is 422 g/mol. The molecule has 0 fully saturated rings. The molecule has 3 rings (SSSR count). The third kappa shape index (κ3) is 4.18. The van der Waals surface area contributed by atoms with Crippen molar-refractivity contribution in [1.29, 1.82) is 0 Å². The van der Waals surface area contributed by atoms with Crippen LogP contribution in [0, 0.1) is 5.82 Å². The fraction of sp³-hybridized carbons (Fsp3) is 0.350. The monoisotopic (exact) mass is 421 g/mol. The molecule has 0 atom stereocenters. The number of carbonyl (C=O) groups is 1. The standard InChI is InChI=1S/C20H21BrFNO3/c1-20(2,3)26-19(24)23-10-14-9-16(21)18(17(22)15(14)11-23)25-12-13-7-5-4-6-8-13/h4-9H,10-12H2,1-3H3. The molecular weight excluding hydrogens is 401 g/mol. The van der Waals surface area contributed by atoms with Crippen LogP contribution in [0.3, 0.4) is 0 Å². The van der Waals surface area contributed by atoms with Gasteiger partial charge in [0.1, 0.15) is 12.2 Å². The number of rotatable bonds is 3. The molecule has 4 nitrogen and oxygen atoms in total. The van der Waals surface area contributed by atoms with Crippen LogP contribution in [-0.2, 0) is 24.4 Å². The lowest BCUT2D eigenvalue weighted by Gasteiger charge is -2.24. The van der Waals surface area contributed by atoms with Gasteiger partial charge < -0.3 is 9.47 Å². The van der Waals surface area contributed by atoms with Gasteiger partial charge in [-0.2, -0.15) is 0 Å². The number of carbonyl (C=O) groups excluding carboxylic acids is 1. The Kier molecular flexibility index (Phi) is 5.23. The average Bonchev–Trinajstić information content (AvgIpc) is 2.98. The minimum atomic E-state index is -0.588. The maximum atomic E-state index is 15.0. The van der Waals surface area contributed by atoms with E-state index in [1.807, 2.05) is 36.4 Å². The first kappa shape index (κ1) is 18.7. The Morgan fingerprint density at radius 3 is 2.58 bits per heavy atom. The van der Waals surface area contributed by atoms with E-state index in [1.165, 1.54) is 4.90 Å². The lowest BCUT2D eigenvalue weighted by atomic mass is 10.1. The fourth-order valence-corrected chi connectivity index (χ4v) is 3.34. The molecule has 0 saturated carbocycles. The maximum absolute atomic E-state index is 15.0. The van der Waals surface area contributed by atoms with Gasteiger partial charge in [0, 0.05) is 12.1 Å². The molecule has 0 spiro atoms. The molecule has 0 saturated heterocycles. The molecule has 1 heterocycles. The Balaban J connectivity index is 1.77. The quantitative estimate of drug-likeness (QED) is 0.663. The number of benzene rings is 2. The Morgan fingerprint density at radius 2 is 1.92 bits per heavy atom. The van der Waals surface area contributed by atoms with E-state index in [2.05, 4.69) is 15.9 Å². The van der Waals surface area contributed by atoms with Gasteiger partial charge in [0.25, 0.3) is 0 Å². The second kappa shape index (κ2) is 7.27. The Hall–Kier alpha value is -2.08. The van der Waals surface area contributed by atoms with E-state index < -0.39 is 17.5 Å². The minimum Gasteiger partial charge on any atom is -0.485 e. The highest BCUT2D eigenvalue weighted by atomic mass is 79.9. The van der Waals surface area contributed by atoms with Crippen LogP contribution < -0.4 is 4.74 Å². The highest BCUT2D eigenvalue weighted by molar-refractivity contribution is 9.10. The van der Waals surface area contributed by atoms with E-state index in [9.17, 15) is 9.18 Å². The second-order valence-electron chi connectivity index (χ2n) is 7.25. The number of ether oxygens (including phenoxy) is 2. The van der Waals surface area contributed by atoms with Crippen LogP contribution >= 0.6 is 15.9 Å². The summed E-state index contributed by atoms with van der Waals surface area (Å²) in [6, 6.07) is 11.4. The van der Waals surface area contributed by atoms with Gasteiger partial charge in [-0.05, 0) is 53.9 Å². The molecule has 0 aliphatic carbocycles. The molecule has 0 aromatic heterocycles. The van der Waals surface area contributed by atoms with Crippen molar-refractivity contribution in [2.24, 2.45) is 0 Å². The topological polar surface area (TPSA) is 38.8 Å². The van der Waals surface area contributed by atoms with Crippen molar-refractivity contribution in [3.63, 3.8) is 0 Å². The summed E-state index contributed by atoms with van der Waals surface area (Å²) < 4.78 is 26.6. The number of nitrogens with zero attached hydrogens (tertiary/aromatic N) is 1. The van der Waals surface area contributed by atoms with Gasteiger partial charge in [0.2, 0.25) is 0 Å². The van der Waals surface area contributed by atoms with Crippen LogP contribution in [0.15, 0.2) is 40.9 Å². The van der Waals surface area contributed by atoms with Crippen LogP contribution in [-0.4, -0.2) is 16.6 Å². The van der Waals surface area contributed by atoms with Crippen molar-refractivity contribution in [1.82, 2.24) is 4.90 Å². The number of fused-ring (bicyclic) bond motifs is 1. The van der Waals surface area contributed by atoms with Gasteiger partial charge in [0.05, 0.1) is 11.0 Å². The van der Waals surface area contributed by atoms with Crippen LogP contribution in [0.2, 0.25) is 0 Å². The summed E-state index contributed by atoms with van der Waals surface area (Å²) in [6.07, 6.45) is -0.448. The summed E-state index contributed by atoms with van der Waals surface area (Å²) in [6.45, 7) is 6.18. The van der Waals surface area contributed by atoms with Crippen LogP contribution in [0.1, 0.15) is 37.5 Å². The lowest BCUT2D eigenvalue weighted by molar-refractivity contribution is 0.0241. The molecule has 26 heavy (non-hydrogen) atoms. The van der Waals surface area contributed by atoms with Gasteiger partial charge in [0.15, 0.2) is 11.6 Å². The van der Waals surface area contributed by atoms with Crippen molar-refractivity contribution in [3.8, 4) is 5.75 Å². The van der Waals surface area contributed by atoms with Crippen molar-refractivity contribution < 1.29 is 18.7 Å². The first-order chi connectivity index (χ1) is 12.2. The van der Waals surface area contributed by atoms with E-state index >= 15 is 0 Å². The van der Waals surface area contributed by atoms with Crippen LogP contribution in [0.4, 0.5) is 9.18 Å². The molecule has 1 aliphatic rings. The molecule has 0 unspecified atom stereocenters. The first-order valence-electron chi connectivity index (χ1n) is 8.39. The number of hydrogen-bond donors (Lipinski definition) is 0. The summed E-state index contributed by atoms with van der Waals surface area (Å²) in [4.78, 5) is 13.8. The summed E-state index contributed by atoms with van der Waals surface area (Å²) in [5.41, 5.74) is 1.60. The van der Waals surface area contributed by atoms with E-state index in [1.54, 1.807) is 20.8 Å². The predicted molar refractivity (Wildman–Crippen MR) is 100 cm³/mol. The zero-order chi connectivity index (χ0) is 18.9. The molecule has 0 bridgehead atoms. The molecule has 1 amide bonds. The third-order valence-electron chi connectivity index (χ3n) is 3.96. The smallest absolute Gasteiger partial charge is 0.410 e. The highest BCUT2D eigenvalue weighted by Crippen LogP contribution is 2.38. The van der Waals surface area contributed by atoms with Crippen molar-refractivity contribution in [2.45, 2.75) is 46.1 Å². The van der Waals surface area contributed by atoms with Crippen LogP contribution in [0.25, 0.3) is 0 Å². The van der Waals surface area contributed by atoms with E-state index in [0.717, 1.165) is 11.1 Å². The summed E-state index contributed by atoms with van der Waals surface area (Å²) in [5.74, 6) is -0.269. The third-order valence-corrected chi connectivity index (χ3v) is 4.55. The SMILES string of the molecule is CC(C)(C)OC(=O)N1Cc2cc(Br)c(OCc3ccccc3)c(F)c2C1. The van der Waals surface area contributed by atoms with Gasteiger partial charge in [-0.3, -0.25) is 4.90 Å². The molecule has 2 aromatic carbocycles. The Morgan fingerprint density at radius 1 is 1.23 bits per heavy atom. The van der Waals surface area contributed by atoms with E-state index in [0.29, 0.717) is 16.6 Å². The molecule has 0 radical (unpaired) electrons. The predicted octanol–water partition coefficient (Wildman–Crippen LogP) is 5.42. The van der Waals surface area contributed by atoms with Crippen molar-refractivity contribution in [3.05, 3.63) is 63.4 Å². The van der Waals surface area contributed by atoms with Crippen molar-refractivity contribution >= 4 is 22.0 Å². The molecule has 6 heteroatoms.